The number of aliphatic hydroxyl groups is 3. The van der Waals surface area contributed by atoms with E-state index < -0.39 is 36.4 Å². The van der Waals surface area contributed by atoms with E-state index in [1.165, 1.54) is 12.1 Å². The Morgan fingerprint density at radius 1 is 1.18 bits per heavy atom. The van der Waals surface area contributed by atoms with Crippen molar-refractivity contribution >= 4 is 40.1 Å². The Morgan fingerprint density at radius 2 is 1.95 bits per heavy atom. The SMILES string of the molecule is Nc1c(C(O)N[C@@H](CNC(=O)CCC(O)c2cc(O)cc(NC3=NCC(O)CN3)c2)C(=O)O)[nH]c2ccccc12. The van der Waals surface area contributed by atoms with Crippen LogP contribution in [0.25, 0.3) is 10.9 Å². The van der Waals surface area contributed by atoms with Crippen molar-refractivity contribution in [3.63, 3.8) is 0 Å². The fraction of sp³-hybridized carbons (Fsp3) is 0.346. The standard InChI is InChI=1S/C26H33N7O7/c27-22-17-3-1-2-4-18(17)32-23(22)24(38)33-19(25(39)40)12-28-21(37)6-5-20(36)13-7-14(9-15(34)8-13)31-26-29-10-16(35)11-30-26/h1-4,7-9,16,19-20,24,32-36,38H,5-6,10-12,27H2,(H,28,37)(H,39,40)(H2,29,30,31)/t19-,20?,24?/m0/s1. The van der Waals surface area contributed by atoms with Gasteiger partial charge in [0.05, 0.1) is 30.1 Å². The number of aromatic amines is 1. The summed E-state index contributed by atoms with van der Waals surface area (Å²) in [6.07, 6.45) is -3.24. The first-order chi connectivity index (χ1) is 19.1. The molecule has 2 heterocycles. The van der Waals surface area contributed by atoms with Gasteiger partial charge in [-0.3, -0.25) is 19.9 Å². The summed E-state index contributed by atoms with van der Waals surface area (Å²) in [6, 6.07) is 10.2. The summed E-state index contributed by atoms with van der Waals surface area (Å²) in [5.74, 6) is -1.50. The molecule has 3 unspecified atom stereocenters. The van der Waals surface area contributed by atoms with Crippen molar-refractivity contribution < 1.29 is 35.1 Å². The molecule has 40 heavy (non-hydrogen) atoms. The maximum absolute atomic E-state index is 12.4. The first-order valence-electron chi connectivity index (χ1n) is 12.7. The molecule has 0 saturated carbocycles. The van der Waals surface area contributed by atoms with Crippen LogP contribution >= 0.6 is 0 Å². The lowest BCUT2D eigenvalue weighted by Gasteiger charge is -2.21. The Hall–Kier alpha value is -4.37. The van der Waals surface area contributed by atoms with Crippen molar-refractivity contribution in [2.24, 2.45) is 4.99 Å². The number of aromatic hydroxyl groups is 1. The number of aliphatic hydroxyl groups excluding tert-OH is 3. The number of aliphatic carboxylic acids is 1. The molecule has 4 atom stereocenters. The lowest BCUT2D eigenvalue weighted by molar-refractivity contribution is -0.140. The molecule has 1 aromatic heterocycles. The molecule has 14 heteroatoms. The van der Waals surface area contributed by atoms with Crippen LogP contribution < -0.4 is 27.0 Å². The lowest BCUT2D eigenvalue weighted by atomic mass is 10.0. The van der Waals surface area contributed by atoms with Gasteiger partial charge in [0.1, 0.15) is 18.0 Å². The number of nitrogens with two attached hydrogens (primary N) is 1. The van der Waals surface area contributed by atoms with Gasteiger partial charge >= 0.3 is 5.97 Å². The minimum absolute atomic E-state index is 0.000491. The van der Waals surface area contributed by atoms with Gasteiger partial charge in [-0.25, -0.2) is 0 Å². The molecule has 14 nitrogen and oxygen atoms in total. The average molecular weight is 556 g/mol. The molecule has 1 aliphatic heterocycles. The molecule has 2 aromatic carbocycles. The van der Waals surface area contributed by atoms with Crippen LogP contribution in [0.5, 0.6) is 5.75 Å². The predicted molar refractivity (Wildman–Crippen MR) is 147 cm³/mol. The number of phenolic OH excluding ortho intramolecular Hbond substituents is 1. The topological polar surface area (TPSA) is 238 Å². The number of aliphatic imine (C=N–C) groups is 1. The number of guanidine groups is 1. The number of hydrogen-bond donors (Lipinski definition) is 11. The maximum atomic E-state index is 12.4. The Morgan fingerprint density at radius 3 is 2.65 bits per heavy atom. The van der Waals surface area contributed by atoms with Crippen molar-refractivity contribution in [1.29, 1.82) is 0 Å². The quantitative estimate of drug-likeness (QED) is 0.139. The normalized spacial score (nSPS) is 17.4. The molecular formula is C26H33N7O7. The number of carboxylic acids is 1. The molecule has 0 saturated heterocycles. The van der Waals surface area contributed by atoms with E-state index >= 15 is 0 Å². The highest BCUT2D eigenvalue weighted by Gasteiger charge is 2.25. The number of aromatic nitrogens is 1. The van der Waals surface area contributed by atoms with Gasteiger partial charge in [-0.1, -0.05) is 18.2 Å². The summed E-state index contributed by atoms with van der Waals surface area (Å²) in [7, 11) is 0. The second-order valence-corrected chi connectivity index (χ2v) is 9.48. The van der Waals surface area contributed by atoms with Crippen molar-refractivity contribution in [3.8, 4) is 5.75 Å². The Bertz CT molecular complexity index is 1390. The van der Waals surface area contributed by atoms with E-state index in [2.05, 4.69) is 31.2 Å². The number of nitrogens with one attached hydrogen (secondary N) is 5. The number of amides is 1. The van der Waals surface area contributed by atoms with Crippen molar-refractivity contribution in [3.05, 3.63) is 53.7 Å². The summed E-state index contributed by atoms with van der Waals surface area (Å²) < 4.78 is 0. The fourth-order valence-corrected chi connectivity index (χ4v) is 4.28. The van der Waals surface area contributed by atoms with Crippen LogP contribution in [0.2, 0.25) is 0 Å². The highest BCUT2D eigenvalue weighted by molar-refractivity contribution is 5.94. The second kappa shape index (κ2) is 12.7. The van der Waals surface area contributed by atoms with E-state index in [0.717, 1.165) is 0 Å². The van der Waals surface area contributed by atoms with Gasteiger partial charge in [-0.2, -0.15) is 0 Å². The van der Waals surface area contributed by atoms with Crippen molar-refractivity contribution in [2.75, 3.05) is 30.7 Å². The van der Waals surface area contributed by atoms with E-state index in [1.54, 1.807) is 30.3 Å². The van der Waals surface area contributed by atoms with E-state index in [4.69, 9.17) is 5.73 Å². The van der Waals surface area contributed by atoms with Crippen LogP contribution in [0.15, 0.2) is 47.5 Å². The van der Waals surface area contributed by atoms with Gasteiger partial charge in [0.15, 0.2) is 5.96 Å². The Labute approximate surface area is 228 Å². The van der Waals surface area contributed by atoms with Crippen LogP contribution in [0.3, 0.4) is 0 Å². The summed E-state index contributed by atoms with van der Waals surface area (Å²) in [5, 5.41) is 62.0. The number of β-amino-alcohol motifs (C(OH)–C–C–N with tert-alkyl or cyclic N) is 1. The number of rotatable bonds is 11. The van der Waals surface area contributed by atoms with Gasteiger partial charge in [0.2, 0.25) is 5.91 Å². The Balaban J connectivity index is 1.29. The highest BCUT2D eigenvalue weighted by Crippen LogP contribution is 2.29. The summed E-state index contributed by atoms with van der Waals surface area (Å²) in [5.41, 5.74) is 8.08. The monoisotopic (exact) mass is 555 g/mol. The maximum Gasteiger partial charge on any atom is 0.322 e. The smallest absolute Gasteiger partial charge is 0.322 e. The number of phenols is 1. The third kappa shape index (κ3) is 7.18. The first kappa shape index (κ1) is 28.6. The Kier molecular flexibility index (Phi) is 9.06. The average Bonchev–Trinajstić information content (AvgIpc) is 3.27. The lowest BCUT2D eigenvalue weighted by Crippen LogP contribution is -2.47. The molecule has 0 bridgehead atoms. The van der Waals surface area contributed by atoms with E-state index in [9.17, 15) is 35.1 Å². The van der Waals surface area contributed by atoms with Gasteiger partial charge in [-0.05, 0) is 30.2 Å². The van der Waals surface area contributed by atoms with Gasteiger partial charge in [0, 0.05) is 42.2 Å². The summed E-state index contributed by atoms with van der Waals surface area (Å²) in [4.78, 5) is 31.3. The number of H-pyrrole nitrogens is 1. The van der Waals surface area contributed by atoms with E-state index in [0.29, 0.717) is 34.7 Å². The minimum atomic E-state index is -1.43. The number of carboxylic acid groups (broad SMARTS) is 1. The second-order valence-electron chi connectivity index (χ2n) is 9.48. The first-order valence-corrected chi connectivity index (χ1v) is 12.7. The van der Waals surface area contributed by atoms with Crippen LogP contribution in [0.4, 0.5) is 11.4 Å². The summed E-state index contributed by atoms with van der Waals surface area (Å²) in [6.45, 7) is 0.224. The van der Waals surface area contributed by atoms with Crippen LogP contribution in [0.1, 0.15) is 36.4 Å². The minimum Gasteiger partial charge on any atom is -0.508 e. The molecule has 4 rings (SSSR count). The van der Waals surface area contributed by atoms with E-state index in [1.807, 2.05) is 0 Å². The third-order valence-electron chi connectivity index (χ3n) is 6.41. The molecule has 3 aromatic rings. The van der Waals surface area contributed by atoms with Gasteiger partial charge in [0.25, 0.3) is 0 Å². The van der Waals surface area contributed by atoms with Crippen molar-refractivity contribution in [2.45, 2.75) is 37.3 Å². The number of fused-ring (bicyclic) bond motifs is 1. The number of benzene rings is 2. The largest absolute Gasteiger partial charge is 0.508 e. The van der Waals surface area contributed by atoms with Gasteiger partial charge < -0.3 is 52.2 Å². The zero-order valence-corrected chi connectivity index (χ0v) is 21.5. The number of hydrogen-bond acceptors (Lipinski definition) is 11. The van der Waals surface area contributed by atoms with Crippen LogP contribution in [-0.4, -0.2) is 80.1 Å². The molecule has 1 aliphatic rings. The number of carbonyl (C=O) groups excluding carboxylic acids is 1. The fourth-order valence-electron chi connectivity index (χ4n) is 4.28. The zero-order valence-electron chi connectivity index (χ0n) is 21.5. The van der Waals surface area contributed by atoms with E-state index in [-0.39, 0.29) is 43.1 Å². The molecule has 0 aliphatic carbocycles. The number of anilines is 2. The van der Waals surface area contributed by atoms with Crippen molar-refractivity contribution in [1.82, 2.24) is 20.9 Å². The number of para-hydroxylation sites is 1. The zero-order chi connectivity index (χ0) is 28.8. The molecular weight excluding hydrogens is 522 g/mol. The van der Waals surface area contributed by atoms with Crippen LogP contribution in [-0.2, 0) is 9.59 Å². The van der Waals surface area contributed by atoms with Gasteiger partial charge in [-0.15, -0.1) is 0 Å². The summed E-state index contributed by atoms with van der Waals surface area (Å²) >= 11 is 0. The number of nitrogen functional groups attached to an aromatic ring is 1. The third-order valence-corrected chi connectivity index (χ3v) is 6.41. The molecule has 1 amide bonds. The molecule has 0 radical (unpaired) electrons. The number of nitrogens with zero attached hydrogens (tertiary/aromatic N) is 1. The molecule has 214 valence electrons. The van der Waals surface area contributed by atoms with Crippen LogP contribution in [0, 0.1) is 0 Å². The predicted octanol–water partition coefficient (Wildman–Crippen LogP) is -0.149. The molecule has 0 fully saturated rings. The highest BCUT2D eigenvalue weighted by atomic mass is 16.4. The molecule has 12 N–H and O–H groups in total. The number of carbonyl (C=O) groups is 2. The molecule has 0 spiro atoms.